The number of nitrogens with one attached hydrogen (secondary N) is 1. The largest absolute Gasteiger partial charge is 0.479 e. The molecule has 7 heteroatoms. The van der Waals surface area contributed by atoms with Crippen LogP contribution in [0.15, 0.2) is 17.5 Å². The van der Waals surface area contributed by atoms with E-state index in [1.54, 1.807) is 22.4 Å². The molecule has 1 aromatic rings. The molecule has 21 heavy (non-hydrogen) atoms. The standard InChI is InChI=1S/C14H18N2O4S/c17-10-4-3-8-6-16(7-9(8)10)14(20)15-12(13(18)19)11-2-1-5-21-11/h1-2,5,8-10,12,17H,3-4,6-7H2,(H,15,20)(H,18,19). The minimum atomic E-state index is -1.06. The minimum absolute atomic E-state index is 0.140. The Balaban J connectivity index is 1.65. The van der Waals surface area contributed by atoms with Crippen LogP contribution in [0.2, 0.25) is 0 Å². The lowest BCUT2D eigenvalue weighted by Crippen LogP contribution is -2.43. The Labute approximate surface area is 126 Å². The Hall–Kier alpha value is -1.60. The maximum atomic E-state index is 12.3. The second-order valence-electron chi connectivity index (χ2n) is 5.71. The SMILES string of the molecule is O=C(O)C(NC(=O)N1CC2CCC(O)C2C1)c1cccs1. The van der Waals surface area contributed by atoms with Crippen LogP contribution in [-0.2, 0) is 4.79 Å². The molecule has 0 bridgehead atoms. The van der Waals surface area contributed by atoms with Gasteiger partial charge in [0.15, 0.2) is 6.04 Å². The number of carboxylic acids is 1. The van der Waals surface area contributed by atoms with Crippen LogP contribution in [0.5, 0.6) is 0 Å². The van der Waals surface area contributed by atoms with Gasteiger partial charge in [0.05, 0.1) is 6.10 Å². The Bertz CT molecular complexity index is 533. The Morgan fingerprint density at radius 2 is 2.19 bits per heavy atom. The number of fused-ring (bicyclic) bond motifs is 1. The first-order chi connectivity index (χ1) is 10.1. The van der Waals surface area contributed by atoms with Gasteiger partial charge in [0.25, 0.3) is 0 Å². The lowest BCUT2D eigenvalue weighted by molar-refractivity contribution is -0.139. The molecule has 1 aliphatic carbocycles. The second-order valence-corrected chi connectivity index (χ2v) is 6.69. The average molecular weight is 310 g/mol. The van der Waals surface area contributed by atoms with Gasteiger partial charge in [-0.1, -0.05) is 6.07 Å². The number of aliphatic hydroxyl groups is 1. The summed E-state index contributed by atoms with van der Waals surface area (Å²) in [6.45, 7) is 1.11. The number of carboxylic acid groups (broad SMARTS) is 1. The lowest BCUT2D eigenvalue weighted by atomic mass is 10.00. The third-order valence-electron chi connectivity index (χ3n) is 4.45. The summed E-state index contributed by atoms with van der Waals surface area (Å²) in [5.74, 6) is -0.582. The Kier molecular flexibility index (Phi) is 3.86. The predicted octanol–water partition coefficient (Wildman–Crippen LogP) is 1.29. The van der Waals surface area contributed by atoms with Gasteiger partial charge < -0.3 is 20.4 Å². The number of nitrogens with zero attached hydrogens (tertiary/aromatic N) is 1. The maximum absolute atomic E-state index is 12.3. The molecule has 114 valence electrons. The highest BCUT2D eigenvalue weighted by Gasteiger charge is 2.43. The van der Waals surface area contributed by atoms with Crippen LogP contribution in [0.3, 0.4) is 0 Å². The van der Waals surface area contributed by atoms with E-state index in [0.29, 0.717) is 23.9 Å². The van der Waals surface area contributed by atoms with Gasteiger partial charge in [-0.05, 0) is 30.2 Å². The van der Waals surface area contributed by atoms with E-state index in [9.17, 15) is 19.8 Å². The summed E-state index contributed by atoms with van der Waals surface area (Å²) in [6, 6.07) is 2.09. The Morgan fingerprint density at radius 3 is 2.81 bits per heavy atom. The second kappa shape index (κ2) is 5.65. The zero-order chi connectivity index (χ0) is 15.0. The van der Waals surface area contributed by atoms with Gasteiger partial charge in [-0.15, -0.1) is 11.3 Å². The minimum Gasteiger partial charge on any atom is -0.479 e. The molecule has 2 fully saturated rings. The van der Waals surface area contributed by atoms with Crippen molar-refractivity contribution in [3.63, 3.8) is 0 Å². The normalized spacial score (nSPS) is 29.2. The van der Waals surface area contributed by atoms with Crippen molar-refractivity contribution in [2.45, 2.75) is 25.0 Å². The van der Waals surface area contributed by atoms with E-state index in [-0.39, 0.29) is 18.1 Å². The summed E-state index contributed by atoms with van der Waals surface area (Å²) in [5, 5.41) is 23.5. The number of aliphatic hydroxyl groups excluding tert-OH is 1. The van der Waals surface area contributed by atoms with Crippen molar-refractivity contribution in [3.05, 3.63) is 22.4 Å². The molecule has 0 aromatic carbocycles. The van der Waals surface area contributed by atoms with E-state index in [1.165, 1.54) is 11.3 Å². The van der Waals surface area contributed by atoms with Gasteiger partial charge in [-0.3, -0.25) is 0 Å². The smallest absolute Gasteiger partial charge is 0.331 e. The number of likely N-dealkylation sites (tertiary alicyclic amines) is 1. The van der Waals surface area contributed by atoms with Crippen LogP contribution < -0.4 is 5.32 Å². The van der Waals surface area contributed by atoms with E-state index in [2.05, 4.69) is 5.32 Å². The summed E-state index contributed by atoms with van der Waals surface area (Å²) in [5.41, 5.74) is 0. The third kappa shape index (κ3) is 2.75. The number of carbonyl (C=O) groups is 2. The molecule has 3 N–H and O–H groups in total. The molecule has 2 aliphatic rings. The summed E-state index contributed by atoms with van der Waals surface area (Å²) < 4.78 is 0. The van der Waals surface area contributed by atoms with Gasteiger partial charge in [0, 0.05) is 23.9 Å². The van der Waals surface area contributed by atoms with Crippen LogP contribution in [0, 0.1) is 11.8 Å². The molecule has 2 heterocycles. The third-order valence-corrected chi connectivity index (χ3v) is 5.39. The van der Waals surface area contributed by atoms with Crippen molar-refractivity contribution in [1.29, 1.82) is 0 Å². The molecular weight excluding hydrogens is 292 g/mol. The fraction of sp³-hybridized carbons (Fsp3) is 0.571. The Morgan fingerprint density at radius 1 is 1.38 bits per heavy atom. The highest BCUT2D eigenvalue weighted by molar-refractivity contribution is 7.10. The number of urea groups is 1. The van der Waals surface area contributed by atoms with Crippen molar-refractivity contribution in [2.24, 2.45) is 11.8 Å². The van der Waals surface area contributed by atoms with Crippen LogP contribution >= 0.6 is 11.3 Å². The quantitative estimate of drug-likeness (QED) is 0.784. The van der Waals surface area contributed by atoms with E-state index in [1.807, 2.05) is 0 Å². The molecule has 0 spiro atoms. The average Bonchev–Trinajstić information content (AvgIpc) is 3.14. The number of aliphatic carboxylic acids is 1. The van der Waals surface area contributed by atoms with Gasteiger partial charge in [0.2, 0.25) is 0 Å². The monoisotopic (exact) mass is 310 g/mol. The fourth-order valence-electron chi connectivity index (χ4n) is 3.33. The van der Waals surface area contributed by atoms with Crippen molar-refractivity contribution in [1.82, 2.24) is 10.2 Å². The summed E-state index contributed by atoms with van der Waals surface area (Å²) in [4.78, 5) is 25.8. The lowest BCUT2D eigenvalue weighted by Gasteiger charge is -2.21. The maximum Gasteiger partial charge on any atom is 0.331 e. The molecule has 4 unspecified atom stereocenters. The number of amides is 2. The highest BCUT2D eigenvalue weighted by atomic mass is 32.1. The van der Waals surface area contributed by atoms with E-state index >= 15 is 0 Å². The van der Waals surface area contributed by atoms with Crippen molar-refractivity contribution < 1.29 is 19.8 Å². The number of rotatable bonds is 3. The summed E-state index contributed by atoms with van der Waals surface area (Å²) >= 11 is 1.31. The molecule has 1 aromatic heterocycles. The first-order valence-corrected chi connectivity index (χ1v) is 7.94. The molecule has 3 rings (SSSR count). The van der Waals surface area contributed by atoms with Crippen LogP contribution in [0.25, 0.3) is 0 Å². The summed E-state index contributed by atoms with van der Waals surface area (Å²) in [6.07, 6.45) is 1.40. The first-order valence-electron chi connectivity index (χ1n) is 7.06. The first kappa shape index (κ1) is 14.3. The molecule has 1 saturated carbocycles. The molecule has 0 radical (unpaired) electrons. The molecule has 4 atom stereocenters. The highest BCUT2D eigenvalue weighted by Crippen LogP contribution is 2.38. The topological polar surface area (TPSA) is 89.9 Å². The molecule has 1 aliphatic heterocycles. The van der Waals surface area contributed by atoms with Crippen LogP contribution in [0.4, 0.5) is 4.79 Å². The number of carbonyl (C=O) groups excluding carboxylic acids is 1. The van der Waals surface area contributed by atoms with E-state index < -0.39 is 12.0 Å². The van der Waals surface area contributed by atoms with Gasteiger partial charge in [0.1, 0.15) is 0 Å². The predicted molar refractivity (Wildman–Crippen MR) is 77.0 cm³/mol. The van der Waals surface area contributed by atoms with Crippen LogP contribution in [0.1, 0.15) is 23.8 Å². The van der Waals surface area contributed by atoms with Crippen LogP contribution in [-0.4, -0.2) is 46.3 Å². The van der Waals surface area contributed by atoms with E-state index in [0.717, 1.165) is 12.8 Å². The van der Waals surface area contributed by atoms with Crippen molar-refractivity contribution in [3.8, 4) is 0 Å². The number of thiophene rings is 1. The molecule has 1 saturated heterocycles. The number of hydrogen-bond acceptors (Lipinski definition) is 4. The van der Waals surface area contributed by atoms with Crippen molar-refractivity contribution in [2.75, 3.05) is 13.1 Å². The number of hydrogen-bond donors (Lipinski definition) is 3. The fourth-order valence-corrected chi connectivity index (χ4v) is 4.09. The summed E-state index contributed by atoms with van der Waals surface area (Å²) in [7, 11) is 0. The zero-order valence-corrected chi connectivity index (χ0v) is 12.3. The van der Waals surface area contributed by atoms with Gasteiger partial charge in [-0.25, -0.2) is 9.59 Å². The van der Waals surface area contributed by atoms with Gasteiger partial charge in [-0.2, -0.15) is 0 Å². The zero-order valence-electron chi connectivity index (χ0n) is 11.4. The van der Waals surface area contributed by atoms with Crippen molar-refractivity contribution >= 4 is 23.3 Å². The molecular formula is C14H18N2O4S. The molecule has 6 nitrogen and oxygen atoms in total. The van der Waals surface area contributed by atoms with Gasteiger partial charge >= 0.3 is 12.0 Å². The van der Waals surface area contributed by atoms with E-state index in [4.69, 9.17) is 0 Å². The molecule has 2 amide bonds.